The summed E-state index contributed by atoms with van der Waals surface area (Å²) in [6.07, 6.45) is 0.510. The van der Waals surface area contributed by atoms with Crippen LogP contribution in [0.2, 0.25) is 0 Å². The van der Waals surface area contributed by atoms with Gasteiger partial charge in [-0.05, 0) is 6.42 Å². The number of carboxylic acids is 1. The minimum atomic E-state index is -4.12. The average molecular weight is 246 g/mol. The normalized spacial score (nSPS) is 9.79. The van der Waals surface area contributed by atoms with Crippen molar-refractivity contribution in [1.82, 2.24) is 0 Å². The molecule has 76 valence electrons. The molecular formula is C5H12Na2O6S. The van der Waals surface area contributed by atoms with Gasteiger partial charge in [0.15, 0.2) is 6.61 Å². The van der Waals surface area contributed by atoms with Crippen LogP contribution in [0.4, 0.5) is 0 Å². The Labute approximate surface area is 127 Å². The molecule has 0 rings (SSSR count). The molecule has 0 unspecified atom stereocenters. The Kier molecular flexibility index (Phi) is 16.0. The summed E-state index contributed by atoms with van der Waals surface area (Å²) < 4.78 is 29.3. The molecule has 0 saturated heterocycles. The summed E-state index contributed by atoms with van der Waals surface area (Å²) >= 11 is 0. The molecule has 0 aliphatic carbocycles. The van der Waals surface area contributed by atoms with Crippen LogP contribution in [0, 0.1) is 0 Å². The van der Waals surface area contributed by atoms with Crippen LogP contribution in [0.1, 0.15) is 13.3 Å². The van der Waals surface area contributed by atoms with Gasteiger partial charge in [0.05, 0.1) is 6.61 Å². The van der Waals surface area contributed by atoms with Gasteiger partial charge in [0.1, 0.15) is 0 Å². The van der Waals surface area contributed by atoms with E-state index in [2.05, 4.69) is 8.37 Å². The van der Waals surface area contributed by atoms with E-state index in [-0.39, 0.29) is 65.7 Å². The number of carboxylic acid groups (broad SMARTS) is 1. The van der Waals surface area contributed by atoms with Crippen molar-refractivity contribution in [2.45, 2.75) is 13.3 Å². The number of hydrogen-bond donors (Lipinski definition) is 1. The van der Waals surface area contributed by atoms with Gasteiger partial charge in [0.2, 0.25) is 0 Å². The number of rotatable bonds is 6. The predicted octanol–water partition coefficient (Wildman–Crippen LogP) is -1.54. The van der Waals surface area contributed by atoms with Gasteiger partial charge in [0.25, 0.3) is 0 Å². The van der Waals surface area contributed by atoms with Gasteiger partial charge in [-0.25, -0.2) is 13.2 Å². The quantitative estimate of drug-likeness (QED) is 0.571. The third-order valence-corrected chi connectivity index (χ3v) is 1.62. The average Bonchev–Trinajstić information content (AvgIpc) is 1.98. The van der Waals surface area contributed by atoms with Gasteiger partial charge in [-0.3, -0.25) is 0 Å². The van der Waals surface area contributed by atoms with Crippen LogP contribution in [0.25, 0.3) is 0 Å². The summed E-state index contributed by atoms with van der Waals surface area (Å²) in [5, 5.41) is 8.06. The third kappa shape index (κ3) is 13.3. The summed E-state index contributed by atoms with van der Waals surface area (Å²) in [6, 6.07) is 0. The molecule has 0 aliphatic heterocycles. The Bertz CT molecular complexity index is 239. The van der Waals surface area contributed by atoms with E-state index in [0.29, 0.717) is 6.42 Å². The van der Waals surface area contributed by atoms with Crippen molar-refractivity contribution in [3.63, 3.8) is 0 Å². The molecular weight excluding hydrogens is 234 g/mol. The molecule has 0 bridgehead atoms. The number of carbonyl (C=O) groups is 1. The molecule has 0 spiro atoms. The number of aliphatic carboxylic acids is 1. The summed E-state index contributed by atoms with van der Waals surface area (Å²) in [7, 11) is -4.12. The standard InChI is InChI=1S/C5H10O6S.2Na.2H/c1-2-3-10-12(8,9)11-4-5(6)7;;;;/h2-4H2,1H3,(H,6,7);;;;. The van der Waals surface area contributed by atoms with Crippen molar-refractivity contribution in [2.75, 3.05) is 13.2 Å². The maximum atomic E-state index is 10.6. The SMILES string of the molecule is CCCOS(=O)(=O)OCC(=O)O.[NaH].[NaH]. The van der Waals surface area contributed by atoms with Gasteiger partial charge >= 0.3 is 75.5 Å². The van der Waals surface area contributed by atoms with Gasteiger partial charge in [-0.2, -0.15) is 8.42 Å². The molecule has 9 heteroatoms. The molecule has 6 nitrogen and oxygen atoms in total. The summed E-state index contributed by atoms with van der Waals surface area (Å²) in [4.78, 5) is 9.87. The maximum absolute atomic E-state index is 10.6. The monoisotopic (exact) mass is 246 g/mol. The Balaban J connectivity index is -0.000000605. The molecule has 0 radical (unpaired) electrons. The summed E-state index contributed by atoms with van der Waals surface area (Å²) in [6.45, 7) is 0.792. The third-order valence-electron chi connectivity index (χ3n) is 0.759. The van der Waals surface area contributed by atoms with E-state index in [1.165, 1.54) is 0 Å². The Morgan fingerprint density at radius 3 is 2.14 bits per heavy atom. The first-order chi connectivity index (χ1) is 5.48. The molecule has 0 fully saturated rings. The molecule has 0 amide bonds. The van der Waals surface area contributed by atoms with Crippen LogP contribution in [-0.2, 0) is 23.6 Å². The van der Waals surface area contributed by atoms with E-state index in [1.54, 1.807) is 6.92 Å². The molecule has 0 aromatic carbocycles. The topological polar surface area (TPSA) is 89.9 Å². The molecule has 0 heterocycles. The predicted molar refractivity (Wildman–Crippen MR) is 53.0 cm³/mol. The second kappa shape index (κ2) is 10.8. The molecule has 0 atom stereocenters. The Morgan fingerprint density at radius 2 is 1.79 bits per heavy atom. The Morgan fingerprint density at radius 1 is 1.29 bits per heavy atom. The van der Waals surface area contributed by atoms with Crippen LogP contribution >= 0.6 is 0 Å². The first kappa shape index (κ1) is 20.7. The van der Waals surface area contributed by atoms with Crippen molar-refractivity contribution in [3.05, 3.63) is 0 Å². The van der Waals surface area contributed by atoms with E-state index in [1.807, 2.05) is 0 Å². The van der Waals surface area contributed by atoms with Crippen molar-refractivity contribution in [3.8, 4) is 0 Å². The molecule has 0 aromatic rings. The first-order valence-corrected chi connectivity index (χ1v) is 4.57. The summed E-state index contributed by atoms with van der Waals surface area (Å²) in [5.41, 5.74) is 0. The molecule has 1 N–H and O–H groups in total. The zero-order valence-electron chi connectivity index (χ0n) is 6.52. The molecule has 14 heavy (non-hydrogen) atoms. The van der Waals surface area contributed by atoms with E-state index in [9.17, 15) is 13.2 Å². The van der Waals surface area contributed by atoms with Crippen LogP contribution in [-0.4, -0.2) is 91.8 Å². The fourth-order valence-electron chi connectivity index (χ4n) is 0.342. The van der Waals surface area contributed by atoms with E-state index in [0.717, 1.165) is 0 Å². The van der Waals surface area contributed by atoms with Gasteiger partial charge in [-0.1, -0.05) is 6.92 Å². The van der Waals surface area contributed by atoms with Crippen LogP contribution in [0.3, 0.4) is 0 Å². The number of hydrogen-bond acceptors (Lipinski definition) is 5. The minimum absolute atomic E-state index is 0. The Hall–Kier alpha value is 1.34. The first-order valence-electron chi connectivity index (χ1n) is 3.23. The van der Waals surface area contributed by atoms with E-state index in [4.69, 9.17) is 5.11 Å². The fraction of sp³-hybridized carbons (Fsp3) is 0.800. The van der Waals surface area contributed by atoms with Gasteiger partial charge < -0.3 is 5.11 Å². The van der Waals surface area contributed by atoms with Crippen LogP contribution in [0.15, 0.2) is 0 Å². The second-order valence-electron chi connectivity index (χ2n) is 1.89. The van der Waals surface area contributed by atoms with Crippen molar-refractivity contribution < 1.29 is 26.7 Å². The van der Waals surface area contributed by atoms with Crippen molar-refractivity contribution in [1.29, 1.82) is 0 Å². The fourth-order valence-corrected chi connectivity index (χ4v) is 1.03. The molecule has 0 aromatic heterocycles. The van der Waals surface area contributed by atoms with E-state index >= 15 is 0 Å². The zero-order chi connectivity index (χ0) is 9.61. The second-order valence-corrected chi connectivity index (χ2v) is 3.17. The zero-order valence-corrected chi connectivity index (χ0v) is 7.33. The van der Waals surface area contributed by atoms with Crippen molar-refractivity contribution in [2.24, 2.45) is 0 Å². The van der Waals surface area contributed by atoms with Crippen LogP contribution < -0.4 is 0 Å². The van der Waals surface area contributed by atoms with Gasteiger partial charge in [-0.15, -0.1) is 0 Å². The van der Waals surface area contributed by atoms with Crippen LogP contribution in [0.5, 0.6) is 0 Å². The molecule has 0 saturated carbocycles. The van der Waals surface area contributed by atoms with Gasteiger partial charge in [0, 0.05) is 0 Å². The molecule has 0 aliphatic rings. The van der Waals surface area contributed by atoms with E-state index < -0.39 is 23.0 Å². The van der Waals surface area contributed by atoms with Crippen molar-refractivity contribution >= 4 is 75.5 Å². The summed E-state index contributed by atoms with van der Waals surface area (Å²) in [5.74, 6) is -1.36.